The summed E-state index contributed by atoms with van der Waals surface area (Å²) in [5, 5.41) is 2.33. The standard InChI is InChI=1S/C54H38N4/c1-54(2)47-27-14-12-23-42(47)44-25-16-26-45(50(44)54)53-56-51(37-29-30-49-46(34-37)43-24-13-15-28-48(43)58(49)41-21-10-5-11-22-41)55-52(57-53)40-32-38(35-17-6-3-7-18-35)31-39(33-40)36-19-8-4-9-20-36/h3-34H,1-2H3. The Labute approximate surface area is 337 Å². The average Bonchev–Trinajstić information content (AvgIpc) is 3.75. The van der Waals surface area contributed by atoms with Gasteiger partial charge in [0.15, 0.2) is 17.5 Å². The molecule has 4 heteroatoms. The van der Waals surface area contributed by atoms with Crippen LogP contribution in [0.4, 0.5) is 0 Å². The number of nitrogens with zero attached hydrogens (tertiary/aromatic N) is 4. The van der Waals surface area contributed by atoms with Crippen molar-refractivity contribution in [1.29, 1.82) is 0 Å². The lowest BCUT2D eigenvalue weighted by atomic mass is 9.80. The summed E-state index contributed by atoms with van der Waals surface area (Å²) in [6.07, 6.45) is 0. The predicted octanol–water partition coefficient (Wildman–Crippen LogP) is 13.6. The molecule has 2 aromatic heterocycles. The van der Waals surface area contributed by atoms with Gasteiger partial charge in [0.25, 0.3) is 0 Å². The molecule has 0 unspecified atom stereocenters. The molecular weight excluding hydrogens is 705 g/mol. The Morgan fingerprint density at radius 2 is 0.897 bits per heavy atom. The van der Waals surface area contributed by atoms with E-state index in [2.05, 4.69) is 213 Å². The zero-order valence-electron chi connectivity index (χ0n) is 32.3. The number of hydrogen-bond donors (Lipinski definition) is 0. The number of para-hydroxylation sites is 2. The van der Waals surface area contributed by atoms with Gasteiger partial charge in [0, 0.05) is 38.6 Å². The van der Waals surface area contributed by atoms with E-state index in [0.29, 0.717) is 17.5 Å². The molecule has 58 heavy (non-hydrogen) atoms. The summed E-state index contributed by atoms with van der Waals surface area (Å²) in [5.41, 5.74) is 15.6. The van der Waals surface area contributed by atoms with Crippen LogP contribution in [0.1, 0.15) is 25.0 Å². The number of rotatable bonds is 6. The molecule has 0 fully saturated rings. The van der Waals surface area contributed by atoms with Crippen molar-refractivity contribution < 1.29 is 0 Å². The van der Waals surface area contributed by atoms with Crippen LogP contribution in [-0.4, -0.2) is 19.5 Å². The Balaban J connectivity index is 1.17. The van der Waals surface area contributed by atoms with Gasteiger partial charge in [-0.3, -0.25) is 0 Å². The molecule has 0 saturated carbocycles. The highest BCUT2D eigenvalue weighted by atomic mass is 15.0. The molecular formula is C54H38N4. The first-order chi connectivity index (χ1) is 28.5. The van der Waals surface area contributed by atoms with Gasteiger partial charge < -0.3 is 4.57 Å². The third-order valence-corrected chi connectivity index (χ3v) is 11.8. The summed E-state index contributed by atoms with van der Waals surface area (Å²) in [4.78, 5) is 16.2. The molecule has 4 nitrogen and oxygen atoms in total. The van der Waals surface area contributed by atoms with Gasteiger partial charge in [0.05, 0.1) is 11.0 Å². The molecule has 0 spiro atoms. The fourth-order valence-electron chi connectivity index (χ4n) is 9.11. The highest BCUT2D eigenvalue weighted by molar-refractivity contribution is 6.10. The minimum atomic E-state index is -0.249. The first-order valence-electron chi connectivity index (χ1n) is 19.9. The van der Waals surface area contributed by atoms with Crippen LogP contribution in [0.15, 0.2) is 194 Å². The largest absolute Gasteiger partial charge is 0.309 e. The summed E-state index contributed by atoms with van der Waals surface area (Å²) in [5.74, 6) is 1.93. The fourth-order valence-corrected chi connectivity index (χ4v) is 9.11. The van der Waals surface area contributed by atoms with Gasteiger partial charge in [-0.1, -0.05) is 153 Å². The lowest BCUT2D eigenvalue weighted by Crippen LogP contribution is -2.17. The Hall–Kier alpha value is -7.43. The Morgan fingerprint density at radius 3 is 1.62 bits per heavy atom. The molecule has 1 aliphatic rings. The van der Waals surface area contributed by atoms with Gasteiger partial charge in [0.2, 0.25) is 0 Å². The molecule has 1 aliphatic carbocycles. The highest BCUT2D eigenvalue weighted by Crippen LogP contribution is 2.52. The molecule has 8 aromatic carbocycles. The SMILES string of the molecule is CC1(C)c2ccccc2-c2cccc(-c3nc(-c4cc(-c5ccccc5)cc(-c5ccccc5)c4)nc(-c4ccc5c(c4)c4ccccc4n5-c4ccccc4)n3)c21. The van der Waals surface area contributed by atoms with Gasteiger partial charge in [-0.25, -0.2) is 15.0 Å². The van der Waals surface area contributed by atoms with Crippen molar-refractivity contribution in [1.82, 2.24) is 19.5 Å². The van der Waals surface area contributed by atoms with Crippen molar-refractivity contribution in [2.45, 2.75) is 19.3 Å². The molecule has 0 radical (unpaired) electrons. The first-order valence-corrected chi connectivity index (χ1v) is 19.9. The quantitative estimate of drug-likeness (QED) is 0.170. The lowest BCUT2D eigenvalue weighted by molar-refractivity contribution is 0.661. The van der Waals surface area contributed by atoms with Crippen LogP contribution < -0.4 is 0 Å². The van der Waals surface area contributed by atoms with Gasteiger partial charge in [-0.15, -0.1) is 0 Å². The van der Waals surface area contributed by atoms with Crippen LogP contribution in [0, 0.1) is 0 Å². The zero-order valence-corrected chi connectivity index (χ0v) is 32.3. The van der Waals surface area contributed by atoms with E-state index >= 15 is 0 Å². The number of benzene rings is 8. The van der Waals surface area contributed by atoms with E-state index in [4.69, 9.17) is 15.0 Å². The highest BCUT2D eigenvalue weighted by Gasteiger charge is 2.38. The van der Waals surface area contributed by atoms with E-state index in [-0.39, 0.29) is 5.41 Å². The summed E-state index contributed by atoms with van der Waals surface area (Å²) in [6.45, 7) is 4.63. The lowest BCUT2D eigenvalue weighted by Gasteiger charge is -2.24. The number of hydrogen-bond acceptors (Lipinski definition) is 3. The number of aromatic nitrogens is 4. The van der Waals surface area contributed by atoms with Gasteiger partial charge in [-0.05, 0) is 99.1 Å². The third-order valence-electron chi connectivity index (χ3n) is 11.8. The van der Waals surface area contributed by atoms with Crippen LogP contribution in [0.3, 0.4) is 0 Å². The van der Waals surface area contributed by atoms with Crippen LogP contribution in [-0.2, 0) is 5.41 Å². The van der Waals surface area contributed by atoms with Crippen LogP contribution >= 0.6 is 0 Å². The molecule has 274 valence electrons. The predicted molar refractivity (Wildman–Crippen MR) is 239 cm³/mol. The maximum atomic E-state index is 5.40. The minimum absolute atomic E-state index is 0.249. The minimum Gasteiger partial charge on any atom is -0.309 e. The van der Waals surface area contributed by atoms with Gasteiger partial charge >= 0.3 is 0 Å². The Kier molecular flexibility index (Phi) is 7.80. The monoisotopic (exact) mass is 742 g/mol. The molecule has 2 heterocycles. The molecule has 0 saturated heterocycles. The van der Waals surface area contributed by atoms with Gasteiger partial charge in [0.1, 0.15) is 0 Å². The van der Waals surface area contributed by atoms with Crippen LogP contribution in [0.25, 0.3) is 95.0 Å². The summed E-state index contributed by atoms with van der Waals surface area (Å²) < 4.78 is 2.34. The summed E-state index contributed by atoms with van der Waals surface area (Å²) in [6, 6.07) is 68.9. The van der Waals surface area contributed by atoms with Gasteiger partial charge in [-0.2, -0.15) is 0 Å². The van der Waals surface area contributed by atoms with Crippen LogP contribution in [0.2, 0.25) is 0 Å². The second kappa shape index (κ2) is 13.4. The Morgan fingerprint density at radius 1 is 0.362 bits per heavy atom. The Bertz CT molecular complexity index is 3120. The van der Waals surface area contributed by atoms with E-state index < -0.39 is 0 Å². The van der Waals surface area contributed by atoms with E-state index in [1.54, 1.807) is 0 Å². The van der Waals surface area contributed by atoms with E-state index in [0.717, 1.165) is 61.1 Å². The molecule has 10 aromatic rings. The summed E-state index contributed by atoms with van der Waals surface area (Å²) >= 11 is 0. The summed E-state index contributed by atoms with van der Waals surface area (Å²) in [7, 11) is 0. The van der Waals surface area contributed by atoms with Crippen molar-refractivity contribution in [3.8, 4) is 73.2 Å². The zero-order chi connectivity index (χ0) is 38.8. The number of fused-ring (bicyclic) bond motifs is 6. The van der Waals surface area contributed by atoms with Crippen LogP contribution in [0.5, 0.6) is 0 Å². The molecule has 0 atom stereocenters. The van der Waals surface area contributed by atoms with Crippen molar-refractivity contribution >= 4 is 21.8 Å². The normalized spacial score (nSPS) is 12.8. The second-order valence-electron chi connectivity index (χ2n) is 15.7. The third kappa shape index (κ3) is 5.48. The average molecular weight is 743 g/mol. The fraction of sp³-hybridized carbons (Fsp3) is 0.0556. The smallest absolute Gasteiger partial charge is 0.164 e. The molecule has 0 N–H and O–H groups in total. The second-order valence-corrected chi connectivity index (χ2v) is 15.7. The van der Waals surface area contributed by atoms with Crippen molar-refractivity contribution in [2.75, 3.05) is 0 Å². The van der Waals surface area contributed by atoms with E-state index in [9.17, 15) is 0 Å². The maximum Gasteiger partial charge on any atom is 0.164 e. The van der Waals surface area contributed by atoms with E-state index in [1.807, 2.05) is 0 Å². The molecule has 0 bridgehead atoms. The van der Waals surface area contributed by atoms with Crippen molar-refractivity contribution in [2.24, 2.45) is 0 Å². The van der Waals surface area contributed by atoms with Crippen molar-refractivity contribution in [3.63, 3.8) is 0 Å². The molecule has 0 aliphatic heterocycles. The molecule has 11 rings (SSSR count). The topological polar surface area (TPSA) is 43.6 Å². The van der Waals surface area contributed by atoms with E-state index in [1.165, 1.54) is 27.6 Å². The first kappa shape index (κ1) is 33.9. The maximum absolute atomic E-state index is 5.40. The molecule has 0 amide bonds. The van der Waals surface area contributed by atoms with Crippen molar-refractivity contribution in [3.05, 3.63) is 205 Å².